The lowest BCUT2D eigenvalue weighted by Gasteiger charge is -2.05. The highest BCUT2D eigenvalue weighted by molar-refractivity contribution is 7.69. The zero-order valence-corrected chi connectivity index (χ0v) is 10.7. The molecule has 70 valence electrons. The monoisotopic (exact) mass is 282 g/mol. The maximum atomic E-state index is 5.73. The number of hydrogen-bond donors (Lipinski definition) is 0. The fourth-order valence-corrected chi connectivity index (χ4v) is 2.33. The van der Waals surface area contributed by atoms with Gasteiger partial charge < -0.3 is 0 Å². The molecule has 0 amide bonds. The van der Waals surface area contributed by atoms with Gasteiger partial charge in [-0.1, -0.05) is 30.3 Å². The Kier molecular flexibility index (Phi) is 8.14. The molecule has 12 heavy (non-hydrogen) atoms. The third kappa shape index (κ3) is 4.80. The number of benzene rings is 1. The first-order chi connectivity index (χ1) is 4.61. The van der Waals surface area contributed by atoms with Gasteiger partial charge in [-0.2, -0.15) is 0 Å². The van der Waals surface area contributed by atoms with Crippen LogP contribution in [0.4, 0.5) is 0 Å². The second-order valence-corrected chi connectivity index (χ2v) is 10.3. The molecule has 0 radical (unpaired) electrons. The number of halogens is 5. The van der Waals surface area contributed by atoms with Gasteiger partial charge >= 0.3 is 6.00 Å². The Morgan fingerprint density at radius 1 is 0.833 bits per heavy atom. The zero-order chi connectivity index (χ0) is 7.61. The summed E-state index contributed by atoms with van der Waals surface area (Å²) < 4.78 is 0. The lowest BCUT2D eigenvalue weighted by atomic mass is 10.4. The van der Waals surface area contributed by atoms with Crippen molar-refractivity contribution in [2.75, 3.05) is 0 Å². The summed E-state index contributed by atoms with van der Waals surface area (Å²) in [4.78, 5) is 0. The van der Waals surface area contributed by atoms with Crippen LogP contribution in [0.1, 0.15) is 0 Å². The van der Waals surface area contributed by atoms with Crippen molar-refractivity contribution in [2.45, 2.75) is 0 Å². The Balaban J connectivity index is 0. The van der Waals surface area contributed by atoms with Gasteiger partial charge in [0.25, 0.3) is 0 Å². The molecule has 0 atom stereocenters. The van der Waals surface area contributed by atoms with E-state index >= 15 is 0 Å². The second-order valence-electron chi connectivity index (χ2n) is 1.86. The fraction of sp³-hybridized carbons (Fsp3) is 0. The molecule has 1 aromatic rings. The van der Waals surface area contributed by atoms with Crippen molar-refractivity contribution in [3.05, 3.63) is 30.3 Å². The van der Waals surface area contributed by atoms with E-state index in [-0.39, 0.29) is 24.8 Å². The molecule has 0 aliphatic carbocycles. The zero-order valence-electron chi connectivity index (χ0n) is 5.84. The molecule has 1 aromatic carbocycles. The van der Waals surface area contributed by atoms with Gasteiger partial charge in [-0.3, -0.25) is 0 Å². The van der Waals surface area contributed by atoms with Crippen LogP contribution in [0.3, 0.4) is 0 Å². The molecule has 0 spiro atoms. The van der Waals surface area contributed by atoms with Crippen molar-refractivity contribution in [3.63, 3.8) is 0 Å². The van der Waals surface area contributed by atoms with E-state index in [2.05, 4.69) is 0 Å². The van der Waals surface area contributed by atoms with Gasteiger partial charge in [0, 0.05) is 0 Å². The van der Waals surface area contributed by atoms with Gasteiger partial charge in [0.05, 0.1) is 0 Å². The van der Waals surface area contributed by atoms with E-state index in [0.29, 0.717) is 0 Å². The average molecular weight is 284 g/mol. The SMILES string of the molecule is Cl.Cl.Cl[Si](Cl)(Cl)c1ccccc1. The van der Waals surface area contributed by atoms with Crippen molar-refractivity contribution < 1.29 is 0 Å². The summed E-state index contributed by atoms with van der Waals surface area (Å²) in [7, 11) is 0. The minimum atomic E-state index is -2.62. The topological polar surface area (TPSA) is 0 Å². The van der Waals surface area contributed by atoms with E-state index < -0.39 is 6.00 Å². The molecule has 0 aromatic heterocycles. The lowest BCUT2D eigenvalue weighted by molar-refractivity contribution is 1.77. The maximum Gasteiger partial charge on any atom is 0.372 e. The third-order valence-corrected chi connectivity index (χ3v) is 4.05. The molecule has 0 nitrogen and oxygen atoms in total. The molecule has 0 fully saturated rings. The Morgan fingerprint density at radius 3 is 1.50 bits per heavy atom. The van der Waals surface area contributed by atoms with E-state index in [1.54, 1.807) is 0 Å². The summed E-state index contributed by atoms with van der Waals surface area (Å²) in [6.45, 7) is 0. The van der Waals surface area contributed by atoms with Crippen molar-refractivity contribution in [1.29, 1.82) is 0 Å². The highest BCUT2D eigenvalue weighted by Gasteiger charge is 2.26. The fourth-order valence-electron chi connectivity index (χ4n) is 0.627. The largest absolute Gasteiger partial charge is 0.372 e. The number of hydrogen-bond acceptors (Lipinski definition) is 0. The average Bonchev–Trinajstić information content (AvgIpc) is 1.88. The predicted octanol–water partition coefficient (Wildman–Crippen LogP) is 3.39. The Bertz CT molecular complexity index is 207. The molecular weight excluding hydrogens is 277 g/mol. The summed E-state index contributed by atoms with van der Waals surface area (Å²) in [5.41, 5.74) is 0. The smallest absolute Gasteiger partial charge is 0.147 e. The van der Waals surface area contributed by atoms with Crippen molar-refractivity contribution in [3.8, 4) is 0 Å². The van der Waals surface area contributed by atoms with Crippen LogP contribution in [0.25, 0.3) is 0 Å². The van der Waals surface area contributed by atoms with Crippen molar-refractivity contribution in [1.82, 2.24) is 0 Å². The van der Waals surface area contributed by atoms with Crippen LogP contribution in [0.2, 0.25) is 0 Å². The predicted molar refractivity (Wildman–Crippen MR) is 63.9 cm³/mol. The molecule has 0 N–H and O–H groups in total. The van der Waals surface area contributed by atoms with E-state index in [1.165, 1.54) is 0 Å². The van der Waals surface area contributed by atoms with E-state index in [9.17, 15) is 0 Å². The summed E-state index contributed by atoms with van der Waals surface area (Å²) in [5.74, 6) is 0. The van der Waals surface area contributed by atoms with Gasteiger partial charge in [0.1, 0.15) is 0 Å². The van der Waals surface area contributed by atoms with Crippen LogP contribution < -0.4 is 5.19 Å². The second kappa shape index (κ2) is 6.36. The van der Waals surface area contributed by atoms with Crippen LogP contribution in [0.15, 0.2) is 30.3 Å². The molecule has 0 saturated heterocycles. The Labute approximate surface area is 99.1 Å². The lowest BCUT2D eigenvalue weighted by Crippen LogP contribution is -2.29. The first-order valence-electron chi connectivity index (χ1n) is 2.73. The maximum absolute atomic E-state index is 5.73. The first-order valence-corrected chi connectivity index (χ1v) is 7.76. The normalized spacial score (nSPS) is 9.58. The van der Waals surface area contributed by atoms with E-state index in [1.807, 2.05) is 30.3 Å². The van der Waals surface area contributed by atoms with Crippen molar-refractivity contribution in [2.24, 2.45) is 0 Å². The first kappa shape index (κ1) is 15.4. The molecule has 0 saturated carbocycles. The van der Waals surface area contributed by atoms with Gasteiger partial charge in [-0.05, 0) is 5.19 Å². The van der Waals surface area contributed by atoms with E-state index in [4.69, 9.17) is 33.2 Å². The van der Waals surface area contributed by atoms with Crippen molar-refractivity contribution >= 4 is 69.2 Å². The van der Waals surface area contributed by atoms with Crippen LogP contribution in [-0.4, -0.2) is 6.00 Å². The molecule has 0 aliphatic rings. The highest BCUT2D eigenvalue weighted by atomic mass is 35.8. The van der Waals surface area contributed by atoms with Crippen LogP contribution in [0, 0.1) is 0 Å². The van der Waals surface area contributed by atoms with Gasteiger partial charge in [-0.25, -0.2) is 0 Å². The summed E-state index contributed by atoms with van der Waals surface area (Å²) in [5, 5.41) is 0.833. The molecule has 1 rings (SSSR count). The Morgan fingerprint density at radius 2 is 1.25 bits per heavy atom. The quantitative estimate of drug-likeness (QED) is 0.548. The summed E-state index contributed by atoms with van der Waals surface area (Å²) in [6.07, 6.45) is 0. The van der Waals surface area contributed by atoms with Crippen LogP contribution >= 0.6 is 58.1 Å². The Hall–Kier alpha value is 0.887. The molecule has 0 aliphatic heterocycles. The van der Waals surface area contributed by atoms with Gasteiger partial charge in [0.15, 0.2) is 0 Å². The number of rotatable bonds is 1. The summed E-state index contributed by atoms with van der Waals surface area (Å²) in [6, 6.07) is 6.68. The summed E-state index contributed by atoms with van der Waals surface area (Å²) >= 11 is 17.2. The minimum absolute atomic E-state index is 0. The molecule has 0 unspecified atom stereocenters. The third-order valence-electron chi connectivity index (χ3n) is 1.10. The molecule has 0 heterocycles. The standard InChI is InChI=1S/C6H5Cl3Si.2ClH/c7-10(8,9)6-4-2-1-3-5-6;;/h1-5H;2*1H. The molecular formula is C6H7Cl5Si. The van der Waals surface area contributed by atoms with Gasteiger partial charge in [-0.15, -0.1) is 58.1 Å². The molecule has 0 bridgehead atoms. The highest BCUT2D eigenvalue weighted by Crippen LogP contribution is 2.18. The minimum Gasteiger partial charge on any atom is -0.147 e. The van der Waals surface area contributed by atoms with Crippen LogP contribution in [0.5, 0.6) is 0 Å². The molecule has 6 heteroatoms. The van der Waals surface area contributed by atoms with Gasteiger partial charge in [0.2, 0.25) is 0 Å². The van der Waals surface area contributed by atoms with Crippen LogP contribution in [-0.2, 0) is 0 Å². The van der Waals surface area contributed by atoms with E-state index in [0.717, 1.165) is 5.19 Å².